The van der Waals surface area contributed by atoms with Gasteiger partial charge in [0, 0.05) is 18.7 Å². The maximum absolute atomic E-state index is 14.2. The van der Waals surface area contributed by atoms with Crippen molar-refractivity contribution in [2.24, 2.45) is 7.05 Å². The van der Waals surface area contributed by atoms with Gasteiger partial charge in [-0.3, -0.25) is 9.67 Å². The van der Waals surface area contributed by atoms with Gasteiger partial charge >= 0.3 is 6.09 Å². The fraction of sp³-hybridized carbons (Fsp3) is 0.500. The summed E-state index contributed by atoms with van der Waals surface area (Å²) in [4.78, 5) is 17.7. The van der Waals surface area contributed by atoms with Crippen molar-refractivity contribution in [3.8, 4) is 17.1 Å². The molecule has 0 N–H and O–H groups in total. The van der Waals surface area contributed by atoms with Gasteiger partial charge in [-0.2, -0.15) is 5.10 Å². The number of nitrogens with zero attached hydrogens (tertiary/aromatic N) is 4. The predicted octanol–water partition coefficient (Wildman–Crippen LogP) is 3.53. The van der Waals surface area contributed by atoms with Crippen LogP contribution in [0.15, 0.2) is 12.3 Å². The number of ether oxygens (including phenoxy) is 2. The van der Waals surface area contributed by atoms with Crippen LogP contribution in [-0.4, -0.2) is 50.6 Å². The van der Waals surface area contributed by atoms with Crippen LogP contribution >= 0.6 is 22.6 Å². The van der Waals surface area contributed by atoms with E-state index in [0.29, 0.717) is 18.8 Å². The Balaban J connectivity index is 1.70. The van der Waals surface area contributed by atoms with Crippen molar-refractivity contribution in [3.63, 3.8) is 0 Å². The second kappa shape index (κ2) is 7.25. The van der Waals surface area contributed by atoms with Crippen molar-refractivity contribution in [1.29, 1.82) is 0 Å². The van der Waals surface area contributed by atoms with Crippen LogP contribution in [0.2, 0.25) is 0 Å². The Bertz CT molecular complexity index is 872. The molecule has 1 aliphatic heterocycles. The lowest BCUT2D eigenvalue weighted by Crippen LogP contribution is -2.57. The van der Waals surface area contributed by atoms with Crippen molar-refractivity contribution in [2.75, 3.05) is 13.1 Å². The molecule has 1 amide bonds. The number of hydrogen-bond donors (Lipinski definition) is 0. The lowest BCUT2D eigenvalue weighted by molar-refractivity contribution is -0.0229. The Morgan fingerprint density at radius 3 is 2.59 bits per heavy atom. The van der Waals surface area contributed by atoms with E-state index in [1.807, 2.05) is 34.7 Å². The number of carbonyl (C=O) groups excluding carboxylic acids is 1. The maximum Gasteiger partial charge on any atom is 0.410 e. The van der Waals surface area contributed by atoms with Gasteiger partial charge in [0.15, 0.2) is 11.6 Å². The minimum Gasteiger partial charge on any atom is -0.483 e. The molecule has 2 aromatic heterocycles. The molecule has 0 radical (unpaired) electrons. The molecule has 0 spiro atoms. The Morgan fingerprint density at radius 1 is 1.37 bits per heavy atom. The van der Waals surface area contributed by atoms with Gasteiger partial charge in [-0.05, 0) is 50.3 Å². The molecule has 1 aliphatic rings. The molecule has 1 fully saturated rings. The minimum absolute atomic E-state index is 0.115. The number of likely N-dealkylation sites (tertiary alicyclic amines) is 1. The number of carbonyl (C=O) groups is 1. The van der Waals surface area contributed by atoms with Gasteiger partial charge in [0.25, 0.3) is 0 Å². The number of pyridine rings is 1. The lowest BCUT2D eigenvalue weighted by atomic mass is 10.1. The fourth-order valence-electron chi connectivity index (χ4n) is 2.76. The van der Waals surface area contributed by atoms with E-state index in [2.05, 4.69) is 32.7 Å². The molecule has 0 aliphatic carbocycles. The highest BCUT2D eigenvalue weighted by Gasteiger charge is 2.35. The van der Waals surface area contributed by atoms with E-state index in [4.69, 9.17) is 9.47 Å². The number of aryl methyl sites for hydroxylation is 1. The molecular weight excluding hydrogens is 466 g/mol. The van der Waals surface area contributed by atoms with Crippen LogP contribution in [0.25, 0.3) is 11.4 Å². The van der Waals surface area contributed by atoms with Crippen LogP contribution in [0.1, 0.15) is 26.3 Å². The van der Waals surface area contributed by atoms with Crippen LogP contribution in [0.3, 0.4) is 0 Å². The summed E-state index contributed by atoms with van der Waals surface area (Å²) in [5.41, 5.74) is 1.83. The van der Waals surface area contributed by atoms with Gasteiger partial charge in [-0.15, -0.1) is 0 Å². The Kier molecular flexibility index (Phi) is 5.33. The molecule has 0 saturated carbocycles. The maximum atomic E-state index is 14.2. The number of amides is 1. The molecule has 0 atom stereocenters. The van der Waals surface area contributed by atoms with E-state index in [1.54, 1.807) is 10.7 Å². The topological polar surface area (TPSA) is 69.5 Å². The molecule has 146 valence electrons. The van der Waals surface area contributed by atoms with Gasteiger partial charge < -0.3 is 14.4 Å². The Morgan fingerprint density at radius 2 is 2.04 bits per heavy atom. The number of hydrogen-bond acceptors (Lipinski definition) is 5. The van der Waals surface area contributed by atoms with Crippen molar-refractivity contribution < 1.29 is 18.7 Å². The molecule has 9 heteroatoms. The molecule has 0 aromatic carbocycles. The van der Waals surface area contributed by atoms with Crippen molar-refractivity contribution in [1.82, 2.24) is 19.7 Å². The first-order valence-corrected chi connectivity index (χ1v) is 9.62. The third-order valence-corrected chi connectivity index (χ3v) is 5.11. The van der Waals surface area contributed by atoms with E-state index in [1.165, 1.54) is 4.90 Å². The van der Waals surface area contributed by atoms with Gasteiger partial charge in [-0.1, -0.05) is 0 Å². The Labute approximate surface area is 171 Å². The van der Waals surface area contributed by atoms with Crippen LogP contribution in [-0.2, 0) is 11.8 Å². The molecule has 2 aromatic rings. The number of rotatable bonds is 3. The summed E-state index contributed by atoms with van der Waals surface area (Å²) >= 11 is 2.15. The average molecular weight is 488 g/mol. The SMILES string of the molecule is Cc1c(I)nn(C)c1-c1cc(OC2CN(C(=O)OC(C)(C)C)C2)c(F)cn1. The quantitative estimate of drug-likeness (QED) is 0.619. The standard InChI is InChI=1S/C18H22FIN4O3/c1-10-15(23(5)22-16(10)20)13-6-14(12(19)7-21-13)26-11-8-24(9-11)17(25)27-18(2,3)4/h6-7,11H,8-9H2,1-5H3. The van der Waals surface area contributed by atoms with Crippen molar-refractivity contribution in [3.05, 3.63) is 27.3 Å². The molecule has 0 bridgehead atoms. The highest BCUT2D eigenvalue weighted by Crippen LogP contribution is 2.30. The van der Waals surface area contributed by atoms with Crippen LogP contribution < -0.4 is 4.74 Å². The fourth-order valence-corrected chi connectivity index (χ4v) is 3.34. The highest BCUT2D eigenvalue weighted by atomic mass is 127. The highest BCUT2D eigenvalue weighted by molar-refractivity contribution is 14.1. The summed E-state index contributed by atoms with van der Waals surface area (Å²) in [6, 6.07) is 1.57. The zero-order valence-corrected chi connectivity index (χ0v) is 18.1. The summed E-state index contributed by atoms with van der Waals surface area (Å²) in [7, 11) is 1.82. The molecule has 27 heavy (non-hydrogen) atoms. The van der Waals surface area contributed by atoms with Gasteiger partial charge in [0.1, 0.15) is 15.4 Å². The van der Waals surface area contributed by atoms with Crippen LogP contribution in [0.4, 0.5) is 9.18 Å². The second-order valence-electron chi connectivity index (χ2n) is 7.51. The van der Waals surface area contributed by atoms with Gasteiger partial charge in [0.05, 0.1) is 30.7 Å². The molecule has 3 rings (SSSR count). The second-order valence-corrected chi connectivity index (χ2v) is 8.53. The van der Waals surface area contributed by atoms with E-state index in [9.17, 15) is 9.18 Å². The summed E-state index contributed by atoms with van der Waals surface area (Å²) in [6.07, 6.45) is 0.474. The molecule has 7 nitrogen and oxygen atoms in total. The minimum atomic E-state index is -0.548. The average Bonchev–Trinajstić information content (AvgIpc) is 2.75. The predicted molar refractivity (Wildman–Crippen MR) is 106 cm³/mol. The smallest absolute Gasteiger partial charge is 0.410 e. The lowest BCUT2D eigenvalue weighted by Gasteiger charge is -2.39. The van der Waals surface area contributed by atoms with E-state index in [0.717, 1.165) is 21.2 Å². The zero-order chi connectivity index (χ0) is 19.9. The Hall–Kier alpha value is -1.91. The normalized spacial score (nSPS) is 14.9. The summed E-state index contributed by atoms with van der Waals surface area (Å²) in [6.45, 7) is 8.10. The van der Waals surface area contributed by atoms with Crippen LogP contribution in [0.5, 0.6) is 5.75 Å². The zero-order valence-electron chi connectivity index (χ0n) is 15.9. The summed E-state index contributed by atoms with van der Waals surface area (Å²) in [5, 5.41) is 4.36. The van der Waals surface area contributed by atoms with Crippen LogP contribution in [0, 0.1) is 16.4 Å². The monoisotopic (exact) mass is 488 g/mol. The first kappa shape index (κ1) is 19.8. The van der Waals surface area contributed by atoms with Crippen molar-refractivity contribution in [2.45, 2.75) is 39.4 Å². The number of aromatic nitrogens is 3. The van der Waals surface area contributed by atoms with Crippen molar-refractivity contribution >= 4 is 28.7 Å². The van der Waals surface area contributed by atoms with Gasteiger partial charge in [-0.25, -0.2) is 9.18 Å². The van der Waals surface area contributed by atoms with Gasteiger partial charge in [0.2, 0.25) is 0 Å². The molecule has 3 heterocycles. The molecular formula is C18H22FIN4O3. The first-order valence-electron chi connectivity index (χ1n) is 8.54. The summed E-state index contributed by atoms with van der Waals surface area (Å²) < 4.78 is 27.8. The molecule has 0 unspecified atom stereocenters. The van der Waals surface area contributed by atoms with E-state index >= 15 is 0 Å². The van der Waals surface area contributed by atoms with E-state index < -0.39 is 17.5 Å². The number of halogens is 2. The van der Waals surface area contributed by atoms with E-state index in [-0.39, 0.29) is 11.9 Å². The third-order valence-electron chi connectivity index (χ3n) is 4.08. The largest absolute Gasteiger partial charge is 0.483 e. The first-order chi connectivity index (χ1) is 12.5. The third kappa shape index (κ3) is 4.33. The molecule has 1 saturated heterocycles. The summed E-state index contributed by atoms with van der Waals surface area (Å²) in [5.74, 6) is -0.423.